The second-order valence-electron chi connectivity index (χ2n) is 12.1. The van der Waals surface area contributed by atoms with Crippen molar-refractivity contribution in [1.82, 2.24) is 10.2 Å². The number of carbonyl (C=O) groups is 1. The third kappa shape index (κ3) is 7.23. The monoisotopic (exact) mass is 636 g/mol. The normalized spacial score (nSPS) is 26.8. The first-order valence-corrected chi connectivity index (χ1v) is 16.0. The van der Waals surface area contributed by atoms with E-state index in [2.05, 4.69) is 11.4 Å². The second-order valence-corrected chi connectivity index (χ2v) is 14.3. The number of sulfone groups is 1. The number of piperazine rings is 1. The van der Waals surface area contributed by atoms with Gasteiger partial charge in [-0.05, 0) is 56.7 Å². The van der Waals surface area contributed by atoms with Crippen molar-refractivity contribution in [2.24, 2.45) is 5.92 Å². The molecule has 1 aliphatic heterocycles. The molecule has 5 rings (SSSR count). The van der Waals surface area contributed by atoms with Gasteiger partial charge in [-0.15, -0.1) is 0 Å². The van der Waals surface area contributed by atoms with Gasteiger partial charge in [0.25, 0.3) is 0 Å². The van der Waals surface area contributed by atoms with Crippen LogP contribution in [0, 0.1) is 17.2 Å². The summed E-state index contributed by atoms with van der Waals surface area (Å²) in [6.07, 6.45) is -6.54. The van der Waals surface area contributed by atoms with Gasteiger partial charge in [0.05, 0.1) is 46.4 Å². The molecule has 4 aliphatic rings. The summed E-state index contributed by atoms with van der Waals surface area (Å²) in [5.41, 5.74) is -2.29. The third-order valence-corrected chi connectivity index (χ3v) is 11.2. The first-order valence-electron chi connectivity index (χ1n) is 14.5. The minimum atomic E-state index is -5.03. The zero-order valence-corrected chi connectivity index (χ0v) is 24.2. The lowest BCUT2D eigenvalue weighted by Crippen LogP contribution is -2.49. The largest absolute Gasteiger partial charge is 0.417 e. The fourth-order valence-electron chi connectivity index (χ4n) is 6.41. The highest BCUT2D eigenvalue weighted by Gasteiger charge is 2.52. The van der Waals surface area contributed by atoms with Gasteiger partial charge < -0.3 is 15.0 Å². The van der Waals surface area contributed by atoms with Crippen molar-refractivity contribution < 1.29 is 44.3 Å². The molecule has 1 heterocycles. The van der Waals surface area contributed by atoms with E-state index in [1.54, 1.807) is 0 Å². The maximum atomic E-state index is 14.3. The highest BCUT2D eigenvalue weighted by molar-refractivity contribution is 7.92. The number of nitriles is 1. The molecule has 8 nitrogen and oxygen atoms in total. The number of rotatable bonds is 8. The van der Waals surface area contributed by atoms with Crippen LogP contribution in [0.1, 0.15) is 56.9 Å². The Hall–Kier alpha value is -2.57. The Balaban J connectivity index is 1.37. The van der Waals surface area contributed by atoms with Crippen molar-refractivity contribution >= 4 is 21.4 Å². The molecule has 0 aromatic heterocycles. The Kier molecular flexibility index (Phi) is 8.69. The van der Waals surface area contributed by atoms with E-state index in [9.17, 15) is 44.8 Å². The van der Waals surface area contributed by atoms with E-state index in [-0.39, 0.29) is 50.8 Å². The molecule has 1 amide bonds. The van der Waals surface area contributed by atoms with E-state index in [0.29, 0.717) is 12.8 Å². The van der Waals surface area contributed by atoms with Crippen molar-refractivity contribution in [2.45, 2.75) is 91.6 Å². The van der Waals surface area contributed by atoms with Crippen LogP contribution in [0.4, 0.5) is 32.0 Å². The molecule has 0 unspecified atom stereocenters. The van der Waals surface area contributed by atoms with Crippen molar-refractivity contribution in [3.8, 4) is 6.07 Å². The molecule has 3 saturated carbocycles. The number of benzene rings is 1. The van der Waals surface area contributed by atoms with E-state index in [4.69, 9.17) is 4.74 Å². The number of nitrogens with one attached hydrogen (secondary N) is 1. The average Bonchev–Trinajstić information content (AvgIpc) is 3.29. The molecular formula is C28H34F6N4O4S. The maximum Gasteiger partial charge on any atom is 0.417 e. The van der Waals surface area contributed by atoms with Gasteiger partial charge in [0.15, 0.2) is 9.84 Å². The van der Waals surface area contributed by atoms with Crippen molar-refractivity contribution in [2.75, 3.05) is 37.6 Å². The van der Waals surface area contributed by atoms with Crippen LogP contribution in [0.2, 0.25) is 0 Å². The van der Waals surface area contributed by atoms with Crippen LogP contribution in [-0.2, 0) is 25.5 Å². The summed E-state index contributed by atoms with van der Waals surface area (Å²) < 4.78 is 115. The molecule has 1 saturated heterocycles. The molecule has 0 bridgehead atoms. The molecule has 15 heteroatoms. The third-order valence-electron chi connectivity index (χ3n) is 8.95. The van der Waals surface area contributed by atoms with Gasteiger partial charge in [0.2, 0.25) is 5.91 Å². The average molecular weight is 637 g/mol. The molecule has 4 fully saturated rings. The fraction of sp³-hybridized carbons (Fsp3) is 0.714. The fourth-order valence-corrected chi connectivity index (χ4v) is 8.41. The molecular weight excluding hydrogens is 602 g/mol. The van der Waals surface area contributed by atoms with E-state index in [1.807, 2.05) is 0 Å². The van der Waals surface area contributed by atoms with E-state index < -0.39 is 67.9 Å². The lowest BCUT2D eigenvalue weighted by atomic mass is 10.0. The summed E-state index contributed by atoms with van der Waals surface area (Å²) in [5.74, 6) is -1.47. The molecule has 1 aromatic rings. The number of ether oxygens (including phenoxy) is 1. The highest BCUT2D eigenvalue weighted by Crippen LogP contribution is 2.44. The molecule has 1 N–H and O–H groups in total. The molecule has 43 heavy (non-hydrogen) atoms. The van der Waals surface area contributed by atoms with Crippen LogP contribution in [0.5, 0.6) is 0 Å². The van der Waals surface area contributed by atoms with Crippen LogP contribution < -0.4 is 10.2 Å². The predicted molar refractivity (Wildman–Crippen MR) is 143 cm³/mol. The number of carbonyl (C=O) groups excluding carboxylic acids is 1. The number of hydrogen-bond donors (Lipinski definition) is 1. The van der Waals surface area contributed by atoms with Gasteiger partial charge in [-0.25, -0.2) is 8.42 Å². The second kappa shape index (κ2) is 11.7. The van der Waals surface area contributed by atoms with Gasteiger partial charge in [-0.3, -0.25) is 9.69 Å². The summed E-state index contributed by atoms with van der Waals surface area (Å²) in [7, 11) is -4.59. The molecule has 3 atom stereocenters. The van der Waals surface area contributed by atoms with Gasteiger partial charge in [-0.2, -0.15) is 31.6 Å². The van der Waals surface area contributed by atoms with Gasteiger partial charge in [0.1, 0.15) is 5.54 Å². The highest BCUT2D eigenvalue weighted by atomic mass is 32.2. The Morgan fingerprint density at radius 1 is 1.05 bits per heavy atom. The lowest BCUT2D eigenvalue weighted by molar-refractivity contribution is -0.146. The zero-order chi connectivity index (χ0) is 31.2. The number of amides is 1. The minimum absolute atomic E-state index is 0.0120. The van der Waals surface area contributed by atoms with E-state index in [0.717, 1.165) is 37.8 Å². The molecule has 0 radical (unpaired) electrons. The predicted octanol–water partition coefficient (Wildman–Crippen LogP) is 4.44. The Morgan fingerprint density at radius 2 is 1.70 bits per heavy atom. The Morgan fingerprint density at radius 3 is 2.26 bits per heavy atom. The van der Waals surface area contributed by atoms with E-state index >= 15 is 0 Å². The van der Waals surface area contributed by atoms with Gasteiger partial charge >= 0.3 is 12.4 Å². The Bertz CT molecular complexity index is 1340. The number of hydrogen-bond acceptors (Lipinski definition) is 7. The number of alkyl halides is 6. The summed E-state index contributed by atoms with van der Waals surface area (Å²) in [5, 5.41) is 10.8. The van der Waals surface area contributed by atoms with E-state index in [1.165, 1.54) is 15.9 Å². The topological polar surface area (TPSA) is 103 Å². The SMILES string of the molecule is N#CC1(NC(=O)[C@@H]2C[C@@H](S(=O)(=O)c3ccc(N4CCN(CC(F)(F)F)CC4)cc3C(F)(F)F)C[C@H]2OC2CCCC2)CC1. The summed E-state index contributed by atoms with van der Waals surface area (Å²) in [6, 6.07) is 4.95. The van der Waals surface area contributed by atoms with Crippen LogP contribution in [-0.4, -0.2) is 81.1 Å². The van der Waals surface area contributed by atoms with Crippen molar-refractivity contribution in [3.63, 3.8) is 0 Å². The van der Waals surface area contributed by atoms with Crippen molar-refractivity contribution in [3.05, 3.63) is 23.8 Å². The van der Waals surface area contributed by atoms with Gasteiger partial charge in [-0.1, -0.05) is 12.8 Å². The summed E-state index contributed by atoms with van der Waals surface area (Å²) in [4.78, 5) is 15.0. The number of anilines is 1. The summed E-state index contributed by atoms with van der Waals surface area (Å²) in [6.45, 7) is -1.05. The lowest BCUT2D eigenvalue weighted by Gasteiger charge is -2.36. The van der Waals surface area contributed by atoms with Crippen LogP contribution >= 0.6 is 0 Å². The standard InChI is InChI=1S/C28H34F6N4O4S/c29-27(30,31)17-37-9-11-38(12-10-37)18-5-6-24(22(13-18)28(32,33)34)43(40,41)20-14-21(25(39)36-26(16-35)7-8-26)23(15-20)42-19-3-1-2-4-19/h5-6,13,19-21,23H,1-4,7-12,14-15,17H2,(H,36,39)/t20-,21-,23-/m1/s1. The van der Waals surface area contributed by atoms with Gasteiger partial charge in [0, 0.05) is 31.9 Å². The van der Waals surface area contributed by atoms with Crippen LogP contribution in [0.15, 0.2) is 23.1 Å². The molecule has 1 aromatic carbocycles. The zero-order valence-electron chi connectivity index (χ0n) is 23.4. The van der Waals surface area contributed by atoms with Crippen molar-refractivity contribution in [1.29, 1.82) is 5.26 Å². The smallest absolute Gasteiger partial charge is 0.374 e. The first kappa shape index (κ1) is 31.8. The molecule has 0 spiro atoms. The first-order chi connectivity index (χ1) is 20.1. The minimum Gasteiger partial charge on any atom is -0.374 e. The Labute approximate surface area is 246 Å². The quantitative estimate of drug-likeness (QED) is 0.421. The number of nitrogens with zero attached hydrogens (tertiary/aromatic N) is 3. The molecule has 238 valence electrons. The number of halogens is 6. The summed E-state index contributed by atoms with van der Waals surface area (Å²) >= 11 is 0. The van der Waals surface area contributed by atoms with Crippen LogP contribution in [0.25, 0.3) is 0 Å². The maximum absolute atomic E-state index is 14.3. The molecule has 3 aliphatic carbocycles. The van der Waals surface area contributed by atoms with Crippen LogP contribution in [0.3, 0.4) is 0 Å².